The lowest BCUT2D eigenvalue weighted by molar-refractivity contribution is 0.0671. The summed E-state index contributed by atoms with van der Waals surface area (Å²) in [4.78, 5) is 15.3. The van der Waals surface area contributed by atoms with Gasteiger partial charge < -0.3 is 4.90 Å². The van der Waals surface area contributed by atoms with Crippen molar-refractivity contribution >= 4 is 15.9 Å². The lowest BCUT2D eigenvalue weighted by Crippen LogP contribution is -2.38. The molecule has 1 amide bonds. The second-order valence-corrected chi connectivity index (χ2v) is 9.61. The van der Waals surface area contributed by atoms with Crippen LogP contribution in [0.2, 0.25) is 0 Å². The molecule has 0 N–H and O–H groups in total. The molecule has 0 radical (unpaired) electrons. The molecule has 0 saturated carbocycles. The third kappa shape index (κ3) is 5.06. The van der Waals surface area contributed by atoms with Gasteiger partial charge in [-0.1, -0.05) is 49.7 Å². The number of carbonyl (C=O) groups excluding carboxylic acids is 1. The monoisotopic (exact) mass is 414 g/mol. The number of piperidine rings is 1. The van der Waals surface area contributed by atoms with E-state index in [1.54, 1.807) is 18.2 Å². The van der Waals surface area contributed by atoms with E-state index in [1.165, 1.54) is 10.4 Å². The number of nitrogens with zero attached hydrogens (tertiary/aromatic N) is 2. The van der Waals surface area contributed by atoms with E-state index in [4.69, 9.17) is 0 Å². The second kappa shape index (κ2) is 9.55. The summed E-state index contributed by atoms with van der Waals surface area (Å²) in [5, 5.41) is 0. The summed E-state index contributed by atoms with van der Waals surface area (Å²) in [7, 11) is -3.57. The van der Waals surface area contributed by atoms with Gasteiger partial charge in [0, 0.05) is 31.2 Å². The van der Waals surface area contributed by atoms with Gasteiger partial charge in [-0.15, -0.1) is 0 Å². The van der Waals surface area contributed by atoms with Crippen molar-refractivity contribution in [1.29, 1.82) is 0 Å². The van der Waals surface area contributed by atoms with Gasteiger partial charge in [0.15, 0.2) is 0 Å². The summed E-state index contributed by atoms with van der Waals surface area (Å²) < 4.78 is 27.6. The van der Waals surface area contributed by atoms with E-state index in [-0.39, 0.29) is 16.8 Å². The van der Waals surface area contributed by atoms with Crippen LogP contribution in [0.25, 0.3) is 0 Å². The quantitative estimate of drug-likeness (QED) is 0.679. The number of hydrogen-bond acceptors (Lipinski definition) is 3. The molecule has 1 atom stereocenters. The molecule has 0 aromatic heterocycles. The van der Waals surface area contributed by atoms with Crippen molar-refractivity contribution < 1.29 is 13.2 Å². The Bertz CT molecular complexity index is 922. The van der Waals surface area contributed by atoms with Gasteiger partial charge >= 0.3 is 0 Å². The Morgan fingerprint density at radius 1 is 1.03 bits per heavy atom. The van der Waals surface area contributed by atoms with E-state index in [0.29, 0.717) is 25.2 Å². The zero-order valence-electron chi connectivity index (χ0n) is 17.3. The predicted molar refractivity (Wildman–Crippen MR) is 115 cm³/mol. The molecule has 29 heavy (non-hydrogen) atoms. The van der Waals surface area contributed by atoms with Gasteiger partial charge in [0.2, 0.25) is 10.0 Å². The van der Waals surface area contributed by atoms with Crippen molar-refractivity contribution in [3.8, 4) is 0 Å². The van der Waals surface area contributed by atoms with Gasteiger partial charge in [-0.25, -0.2) is 8.42 Å². The molecule has 2 aromatic rings. The molecule has 0 bridgehead atoms. The molecule has 2 aromatic carbocycles. The van der Waals surface area contributed by atoms with E-state index < -0.39 is 10.0 Å². The fraction of sp³-hybridized carbons (Fsp3) is 0.435. The van der Waals surface area contributed by atoms with E-state index in [1.807, 2.05) is 49.1 Å². The van der Waals surface area contributed by atoms with Crippen molar-refractivity contribution in [2.45, 2.75) is 57.0 Å². The molecule has 3 rings (SSSR count). The summed E-state index contributed by atoms with van der Waals surface area (Å²) in [6.45, 7) is 5.67. The summed E-state index contributed by atoms with van der Waals surface area (Å²) in [6.07, 6.45) is 3.66. The smallest absolute Gasteiger partial charge is 0.254 e. The maximum atomic E-state index is 13.3. The topological polar surface area (TPSA) is 57.7 Å². The Hall–Kier alpha value is -2.18. The molecular formula is C23H30N2O3S. The fourth-order valence-electron chi connectivity index (χ4n) is 3.64. The van der Waals surface area contributed by atoms with Gasteiger partial charge in [0.1, 0.15) is 0 Å². The summed E-state index contributed by atoms with van der Waals surface area (Å²) in [5.74, 6) is -0.140. The molecule has 156 valence electrons. The highest BCUT2D eigenvalue weighted by atomic mass is 32.2. The zero-order valence-corrected chi connectivity index (χ0v) is 18.1. The van der Waals surface area contributed by atoms with Crippen LogP contribution < -0.4 is 0 Å². The first-order chi connectivity index (χ1) is 13.9. The third-order valence-electron chi connectivity index (χ3n) is 5.61. The van der Waals surface area contributed by atoms with E-state index in [2.05, 4.69) is 0 Å². The molecule has 6 heteroatoms. The normalized spacial score (nSPS) is 16.3. The lowest BCUT2D eigenvalue weighted by atomic mass is 10.1. The first-order valence-electron chi connectivity index (χ1n) is 10.4. The molecule has 1 aliphatic heterocycles. The number of hydrogen-bond donors (Lipinski definition) is 0. The third-order valence-corrected chi connectivity index (χ3v) is 7.51. The van der Waals surface area contributed by atoms with Crippen molar-refractivity contribution in [2.24, 2.45) is 0 Å². The fourth-order valence-corrected chi connectivity index (χ4v) is 5.20. The summed E-state index contributed by atoms with van der Waals surface area (Å²) >= 11 is 0. The second-order valence-electron chi connectivity index (χ2n) is 7.67. The minimum Gasteiger partial charge on any atom is -0.332 e. The Morgan fingerprint density at radius 3 is 2.38 bits per heavy atom. The van der Waals surface area contributed by atoms with E-state index in [0.717, 1.165) is 31.2 Å². The number of rotatable bonds is 7. The first-order valence-corrected chi connectivity index (χ1v) is 11.8. The van der Waals surface area contributed by atoms with Crippen molar-refractivity contribution in [3.05, 3.63) is 65.7 Å². The molecule has 5 nitrogen and oxygen atoms in total. The molecule has 1 aliphatic rings. The molecule has 1 fully saturated rings. The van der Waals surface area contributed by atoms with E-state index in [9.17, 15) is 13.2 Å². The van der Waals surface area contributed by atoms with Gasteiger partial charge in [-0.2, -0.15) is 4.31 Å². The van der Waals surface area contributed by atoms with Gasteiger partial charge in [0.05, 0.1) is 4.90 Å². The number of carbonyl (C=O) groups is 1. The van der Waals surface area contributed by atoms with E-state index >= 15 is 0 Å². The zero-order chi connectivity index (χ0) is 20.9. The Kier molecular flexibility index (Phi) is 7.09. The number of sulfonamides is 1. The minimum absolute atomic E-state index is 0.0464. The Balaban J connectivity index is 1.88. The Morgan fingerprint density at radius 2 is 1.72 bits per heavy atom. The van der Waals surface area contributed by atoms with Crippen LogP contribution in [-0.4, -0.2) is 42.7 Å². The molecule has 1 heterocycles. The van der Waals surface area contributed by atoms with Crippen LogP contribution >= 0.6 is 0 Å². The molecule has 0 aliphatic carbocycles. The molecule has 1 saturated heterocycles. The maximum absolute atomic E-state index is 13.3. The molecule has 1 unspecified atom stereocenters. The largest absolute Gasteiger partial charge is 0.332 e. The lowest BCUT2D eigenvalue weighted by Gasteiger charge is -2.29. The highest BCUT2D eigenvalue weighted by Gasteiger charge is 2.27. The molecule has 0 spiro atoms. The highest BCUT2D eigenvalue weighted by molar-refractivity contribution is 7.89. The minimum atomic E-state index is -3.57. The predicted octanol–water partition coefficient (Wildman–Crippen LogP) is 4.30. The van der Waals surface area contributed by atoms with Gasteiger partial charge in [-0.3, -0.25) is 4.79 Å². The van der Waals surface area contributed by atoms with Crippen LogP contribution in [0, 0.1) is 0 Å². The van der Waals surface area contributed by atoms with Gasteiger partial charge in [-0.05, 0) is 49.9 Å². The van der Waals surface area contributed by atoms with Gasteiger partial charge in [0.25, 0.3) is 5.91 Å². The summed E-state index contributed by atoms with van der Waals surface area (Å²) in [6, 6.07) is 16.4. The van der Waals surface area contributed by atoms with Crippen LogP contribution in [0.5, 0.6) is 0 Å². The number of amides is 1. The van der Waals surface area contributed by atoms with Crippen molar-refractivity contribution in [3.63, 3.8) is 0 Å². The van der Waals surface area contributed by atoms with Crippen molar-refractivity contribution in [2.75, 3.05) is 13.1 Å². The van der Waals surface area contributed by atoms with Crippen LogP contribution in [0.3, 0.4) is 0 Å². The highest BCUT2D eigenvalue weighted by Crippen LogP contribution is 2.23. The standard InChI is InChI=1S/C23H30N2O3S/c1-3-19(2)25(18-20-11-6-4-7-12-20)23(26)21-13-10-14-22(17-21)29(27,28)24-15-8-5-9-16-24/h4,6-7,10-14,17,19H,3,5,8-9,15-16,18H2,1-2H3. The van der Waals surface area contributed by atoms with Crippen molar-refractivity contribution in [1.82, 2.24) is 9.21 Å². The maximum Gasteiger partial charge on any atom is 0.254 e. The summed E-state index contributed by atoms with van der Waals surface area (Å²) in [5.41, 5.74) is 1.47. The van der Waals surface area contributed by atoms with Crippen LogP contribution in [0.4, 0.5) is 0 Å². The number of benzene rings is 2. The average molecular weight is 415 g/mol. The van der Waals surface area contributed by atoms with Crippen LogP contribution in [0.15, 0.2) is 59.5 Å². The SMILES string of the molecule is CCC(C)N(Cc1ccccc1)C(=O)c1cccc(S(=O)(=O)N2CCCCC2)c1. The van der Waals surface area contributed by atoms with Crippen LogP contribution in [-0.2, 0) is 16.6 Å². The average Bonchev–Trinajstić information content (AvgIpc) is 2.78. The van der Waals surface area contributed by atoms with Crippen LogP contribution in [0.1, 0.15) is 55.5 Å². The Labute approximate surface area is 174 Å². The molecular weight excluding hydrogens is 384 g/mol. The first kappa shape index (κ1) is 21.5.